The van der Waals surface area contributed by atoms with Crippen molar-refractivity contribution in [1.82, 2.24) is 15.5 Å². The van der Waals surface area contributed by atoms with Gasteiger partial charge in [-0.3, -0.25) is 9.59 Å². The summed E-state index contributed by atoms with van der Waals surface area (Å²) in [5.41, 5.74) is 4.01. The lowest BCUT2D eigenvalue weighted by molar-refractivity contribution is -0.147. The van der Waals surface area contributed by atoms with Gasteiger partial charge in [0.15, 0.2) is 12.4 Å². The third-order valence-corrected chi connectivity index (χ3v) is 10.0. The summed E-state index contributed by atoms with van der Waals surface area (Å²) < 4.78 is 16.2. The second kappa shape index (κ2) is 13.3. The summed E-state index contributed by atoms with van der Waals surface area (Å²) in [6.45, 7) is 8.95. The normalized spacial score (nSPS) is 25.6. The number of thioether (sulfide) groups is 1. The molecule has 2 aromatic carbocycles. The molecule has 232 valence electrons. The molecule has 0 radical (unpaired) electrons. The number of carbonyl (C=O) groups is 3. The fraction of sp³-hybridized carbons (Fsp3) is 0.531. The highest BCUT2D eigenvalue weighted by Gasteiger charge is 2.50. The van der Waals surface area contributed by atoms with E-state index in [1.165, 1.54) is 16.7 Å². The van der Waals surface area contributed by atoms with Gasteiger partial charge in [0.25, 0.3) is 5.91 Å². The van der Waals surface area contributed by atoms with Crippen molar-refractivity contribution >= 4 is 29.7 Å². The molecule has 5 rings (SSSR count). The van der Waals surface area contributed by atoms with E-state index >= 15 is 0 Å². The maximum absolute atomic E-state index is 13.9. The molecule has 43 heavy (non-hydrogen) atoms. The Morgan fingerprint density at radius 3 is 2.53 bits per heavy atom. The number of nitrogens with one attached hydrogen (secondary N) is 2. The first kappa shape index (κ1) is 31.3. The Bertz CT molecular complexity index is 1300. The molecule has 3 fully saturated rings. The number of fused-ring (bicyclic) bond motifs is 1. The summed E-state index contributed by atoms with van der Waals surface area (Å²) in [5.74, 6) is -0.730. The molecule has 0 aromatic heterocycles. The van der Waals surface area contributed by atoms with Crippen LogP contribution in [-0.4, -0.2) is 82.3 Å². The van der Waals surface area contributed by atoms with Gasteiger partial charge in [0.05, 0.1) is 31.1 Å². The molecule has 2 aromatic rings. The Balaban J connectivity index is 1.30. The molecule has 10 nitrogen and oxygen atoms in total. The topological polar surface area (TPSA) is 126 Å². The van der Waals surface area contributed by atoms with E-state index in [-0.39, 0.29) is 37.0 Å². The lowest BCUT2D eigenvalue weighted by Crippen LogP contribution is -2.58. The van der Waals surface area contributed by atoms with Crippen LogP contribution < -0.4 is 10.6 Å². The van der Waals surface area contributed by atoms with Crippen LogP contribution in [0.5, 0.6) is 0 Å². The molecule has 6 atom stereocenters. The van der Waals surface area contributed by atoms with Gasteiger partial charge in [-0.25, -0.2) is 4.79 Å². The Morgan fingerprint density at radius 1 is 1.09 bits per heavy atom. The number of rotatable bonds is 9. The summed E-state index contributed by atoms with van der Waals surface area (Å²) >= 11 is 1.47. The maximum Gasteiger partial charge on any atom is 0.407 e. The van der Waals surface area contributed by atoms with Crippen LogP contribution in [0.25, 0.3) is 0 Å². The summed E-state index contributed by atoms with van der Waals surface area (Å²) in [4.78, 5) is 42.0. The van der Waals surface area contributed by atoms with Gasteiger partial charge in [-0.15, -0.1) is 11.8 Å². The van der Waals surface area contributed by atoms with Gasteiger partial charge in [-0.05, 0) is 62.8 Å². The average Bonchev–Trinajstić information content (AvgIpc) is 3.67. The lowest BCUT2D eigenvalue weighted by atomic mass is 9.97. The van der Waals surface area contributed by atoms with Gasteiger partial charge in [0.1, 0.15) is 12.1 Å². The number of amides is 3. The van der Waals surface area contributed by atoms with Crippen molar-refractivity contribution in [2.75, 3.05) is 19.1 Å². The molecule has 0 bridgehead atoms. The third kappa shape index (κ3) is 7.01. The number of hydrogen-bond acceptors (Lipinski definition) is 8. The summed E-state index contributed by atoms with van der Waals surface area (Å²) in [7, 11) is 0. The highest BCUT2D eigenvalue weighted by atomic mass is 32.2. The SMILES string of the molecule is Cc1cccc(C)c1CNC(=O)[C@H]1N(C(=O)[C@@H](O)[C@H](Cc2ccccc2)NC(=O)O[C@H]2CO[C@H]3OCC[C@H]32)CSC1(C)C. The minimum Gasteiger partial charge on any atom is -0.443 e. The Labute approximate surface area is 256 Å². The van der Waals surface area contributed by atoms with Gasteiger partial charge >= 0.3 is 6.09 Å². The number of alkyl carbamates (subject to hydrolysis) is 1. The largest absolute Gasteiger partial charge is 0.443 e. The summed E-state index contributed by atoms with van der Waals surface area (Å²) in [6, 6.07) is 13.5. The zero-order valence-corrected chi connectivity index (χ0v) is 25.9. The number of aliphatic hydroxyl groups excluding tert-OH is 1. The number of carbonyl (C=O) groups excluding carboxylic acids is 3. The molecule has 3 aliphatic rings. The van der Waals surface area contributed by atoms with Crippen LogP contribution in [-0.2, 0) is 36.8 Å². The molecule has 0 spiro atoms. The molecule has 11 heteroatoms. The van der Waals surface area contributed by atoms with Crippen LogP contribution in [0, 0.1) is 19.8 Å². The van der Waals surface area contributed by atoms with Crippen molar-refractivity contribution in [3.05, 3.63) is 70.8 Å². The monoisotopic (exact) mass is 611 g/mol. The molecular formula is C32H41N3O7S. The number of nitrogens with zero attached hydrogens (tertiary/aromatic N) is 1. The first-order chi connectivity index (χ1) is 20.5. The quantitative estimate of drug-likeness (QED) is 0.395. The first-order valence-electron chi connectivity index (χ1n) is 14.7. The molecule has 3 aliphatic heterocycles. The smallest absolute Gasteiger partial charge is 0.407 e. The minimum atomic E-state index is -1.61. The van der Waals surface area contributed by atoms with Crippen LogP contribution in [0.15, 0.2) is 48.5 Å². The predicted molar refractivity (Wildman–Crippen MR) is 162 cm³/mol. The van der Waals surface area contributed by atoms with Gasteiger partial charge < -0.3 is 34.9 Å². The zero-order valence-electron chi connectivity index (χ0n) is 25.1. The molecular weight excluding hydrogens is 570 g/mol. The van der Waals surface area contributed by atoms with E-state index in [1.54, 1.807) is 0 Å². The third-order valence-electron chi connectivity index (χ3n) is 8.64. The Hall–Kier alpha value is -3.12. The fourth-order valence-electron chi connectivity index (χ4n) is 6.13. The van der Waals surface area contributed by atoms with Crippen molar-refractivity contribution in [2.24, 2.45) is 5.92 Å². The summed E-state index contributed by atoms with van der Waals surface area (Å²) in [6.07, 6.45) is -2.29. The van der Waals surface area contributed by atoms with E-state index in [0.29, 0.717) is 13.2 Å². The van der Waals surface area contributed by atoms with Crippen LogP contribution >= 0.6 is 11.8 Å². The average molecular weight is 612 g/mol. The van der Waals surface area contributed by atoms with Crippen molar-refractivity contribution in [2.45, 2.75) is 82.4 Å². The van der Waals surface area contributed by atoms with Gasteiger partial charge in [0, 0.05) is 11.3 Å². The highest BCUT2D eigenvalue weighted by molar-refractivity contribution is 8.00. The van der Waals surface area contributed by atoms with Crippen molar-refractivity contribution < 1.29 is 33.7 Å². The standard InChI is InChI=1S/C32H41N3O7S/c1-19-9-8-10-20(2)23(19)16-33-28(37)27-32(3,4)43-18-35(27)29(38)26(36)24(15-21-11-6-5-7-12-21)34-31(39)42-25-17-41-30-22(25)13-14-40-30/h5-12,22,24-27,30,36H,13-18H2,1-4H3,(H,33,37)(H,34,39)/t22-,24-,25-,26-,27+,30+/m0/s1. The van der Waals surface area contributed by atoms with Crippen LogP contribution in [0.1, 0.15) is 42.5 Å². The van der Waals surface area contributed by atoms with E-state index in [1.807, 2.05) is 76.2 Å². The molecule has 3 saturated heterocycles. The molecule has 3 heterocycles. The summed E-state index contributed by atoms with van der Waals surface area (Å²) in [5, 5.41) is 17.2. The van der Waals surface area contributed by atoms with E-state index < -0.39 is 41.0 Å². The number of aliphatic hydroxyl groups is 1. The second-order valence-corrected chi connectivity index (χ2v) is 13.6. The Morgan fingerprint density at radius 2 is 1.81 bits per heavy atom. The predicted octanol–water partition coefficient (Wildman–Crippen LogP) is 3.06. The number of aryl methyl sites for hydroxylation is 2. The van der Waals surface area contributed by atoms with E-state index in [2.05, 4.69) is 10.6 Å². The van der Waals surface area contributed by atoms with E-state index in [4.69, 9.17) is 14.2 Å². The van der Waals surface area contributed by atoms with Crippen molar-refractivity contribution in [3.8, 4) is 0 Å². The second-order valence-electron chi connectivity index (χ2n) is 12.0. The first-order valence-corrected chi connectivity index (χ1v) is 15.7. The van der Waals surface area contributed by atoms with E-state index in [0.717, 1.165) is 28.7 Å². The molecule has 0 saturated carbocycles. The van der Waals surface area contributed by atoms with Crippen molar-refractivity contribution in [3.63, 3.8) is 0 Å². The number of benzene rings is 2. The maximum atomic E-state index is 13.9. The van der Waals surface area contributed by atoms with E-state index in [9.17, 15) is 19.5 Å². The molecule has 0 unspecified atom stereocenters. The number of hydrogen-bond donors (Lipinski definition) is 3. The van der Waals surface area contributed by atoms with Crippen molar-refractivity contribution in [1.29, 1.82) is 0 Å². The lowest BCUT2D eigenvalue weighted by Gasteiger charge is -2.33. The van der Waals surface area contributed by atoms with Crippen LogP contribution in [0.2, 0.25) is 0 Å². The molecule has 3 N–H and O–H groups in total. The minimum absolute atomic E-state index is 0.0449. The van der Waals surface area contributed by atoms with Crippen LogP contribution in [0.3, 0.4) is 0 Å². The fourth-order valence-corrected chi connectivity index (χ4v) is 7.28. The highest BCUT2D eigenvalue weighted by Crippen LogP contribution is 2.40. The van der Waals surface area contributed by atoms with Gasteiger partial charge in [-0.1, -0.05) is 48.5 Å². The molecule has 3 amide bonds. The molecule has 0 aliphatic carbocycles. The van der Waals surface area contributed by atoms with Gasteiger partial charge in [0.2, 0.25) is 5.91 Å². The Kier molecular flexibility index (Phi) is 9.65. The number of ether oxygens (including phenoxy) is 3. The zero-order chi connectivity index (χ0) is 30.7. The van der Waals surface area contributed by atoms with Crippen LogP contribution in [0.4, 0.5) is 4.79 Å². The van der Waals surface area contributed by atoms with Gasteiger partial charge in [-0.2, -0.15) is 0 Å².